The Morgan fingerprint density at radius 3 is 2.44 bits per heavy atom. The maximum Gasteiger partial charge on any atom is 0.338 e. The fourth-order valence-corrected chi connectivity index (χ4v) is 2.96. The Morgan fingerprint density at radius 2 is 1.81 bits per heavy atom. The zero-order chi connectivity index (χ0) is 19.2. The third-order valence-corrected chi connectivity index (χ3v) is 4.48. The Kier molecular flexibility index (Phi) is 5.90. The van der Waals surface area contributed by atoms with Gasteiger partial charge in [-0.3, -0.25) is 9.59 Å². The summed E-state index contributed by atoms with van der Waals surface area (Å²) >= 11 is 0. The average molecular weight is 370 g/mol. The molecular weight excluding hydrogens is 348 g/mol. The second kappa shape index (κ2) is 8.53. The molecule has 1 fully saturated rings. The van der Waals surface area contributed by atoms with Crippen molar-refractivity contribution in [2.75, 3.05) is 5.32 Å². The van der Waals surface area contributed by atoms with Crippen LogP contribution in [0.5, 0.6) is 0 Å². The summed E-state index contributed by atoms with van der Waals surface area (Å²) in [4.78, 5) is 36.2. The van der Waals surface area contributed by atoms with Crippen molar-refractivity contribution in [1.29, 1.82) is 0 Å². The minimum absolute atomic E-state index is 0.177. The number of hydrogen-bond donors (Lipinski definition) is 2. The number of nitrogens with one attached hydrogen (secondary N) is 2. The van der Waals surface area contributed by atoms with Crippen LogP contribution in [0.1, 0.15) is 53.5 Å². The van der Waals surface area contributed by atoms with Gasteiger partial charge in [-0.05, 0) is 56.2 Å². The van der Waals surface area contributed by atoms with Gasteiger partial charge in [-0.15, -0.1) is 0 Å². The number of carbonyl (C=O) groups excluding carboxylic acids is 3. The number of benzene rings is 1. The summed E-state index contributed by atoms with van der Waals surface area (Å²) in [6, 6.07) is 9.58. The van der Waals surface area contributed by atoms with Gasteiger partial charge < -0.3 is 19.8 Å². The molecule has 1 aromatic heterocycles. The number of carbonyl (C=O) groups is 3. The van der Waals surface area contributed by atoms with Gasteiger partial charge >= 0.3 is 5.97 Å². The lowest BCUT2D eigenvalue weighted by atomic mass is 10.2. The highest BCUT2D eigenvalue weighted by atomic mass is 16.5. The molecule has 1 saturated carbocycles. The fourth-order valence-electron chi connectivity index (χ4n) is 2.96. The summed E-state index contributed by atoms with van der Waals surface area (Å²) in [6.45, 7) is 1.56. The Balaban J connectivity index is 1.52. The van der Waals surface area contributed by atoms with Crippen molar-refractivity contribution in [3.05, 3.63) is 54.0 Å². The van der Waals surface area contributed by atoms with E-state index in [2.05, 4.69) is 10.6 Å². The highest BCUT2D eigenvalue weighted by Crippen LogP contribution is 2.18. The molecule has 1 aliphatic rings. The molecule has 0 saturated heterocycles. The number of hydrogen-bond acceptors (Lipinski definition) is 5. The molecule has 0 bridgehead atoms. The van der Waals surface area contributed by atoms with Gasteiger partial charge in [0.1, 0.15) is 0 Å². The second-order valence-corrected chi connectivity index (χ2v) is 6.55. The van der Waals surface area contributed by atoms with Crippen LogP contribution >= 0.6 is 0 Å². The summed E-state index contributed by atoms with van der Waals surface area (Å²) in [7, 11) is 0. The summed E-state index contributed by atoms with van der Waals surface area (Å²) in [6.07, 6.45) is 4.72. The molecule has 0 aliphatic heterocycles. The molecule has 2 aromatic rings. The van der Waals surface area contributed by atoms with E-state index in [0.29, 0.717) is 11.3 Å². The molecule has 1 heterocycles. The monoisotopic (exact) mass is 370 g/mol. The van der Waals surface area contributed by atoms with Gasteiger partial charge in [-0.2, -0.15) is 0 Å². The zero-order valence-corrected chi connectivity index (χ0v) is 15.1. The molecule has 27 heavy (non-hydrogen) atoms. The van der Waals surface area contributed by atoms with Crippen LogP contribution in [-0.2, 0) is 9.53 Å². The third-order valence-electron chi connectivity index (χ3n) is 4.48. The Morgan fingerprint density at radius 1 is 1.11 bits per heavy atom. The molecule has 142 valence electrons. The molecule has 1 atom stereocenters. The van der Waals surface area contributed by atoms with Crippen molar-refractivity contribution in [1.82, 2.24) is 5.32 Å². The molecule has 1 aromatic carbocycles. The number of ether oxygens (including phenoxy) is 1. The second-order valence-electron chi connectivity index (χ2n) is 6.55. The largest absolute Gasteiger partial charge is 0.459 e. The van der Waals surface area contributed by atoms with Gasteiger partial charge in [0.05, 0.1) is 11.8 Å². The van der Waals surface area contributed by atoms with E-state index < -0.39 is 12.1 Å². The molecule has 2 N–H and O–H groups in total. The average Bonchev–Trinajstić information content (AvgIpc) is 3.36. The lowest BCUT2D eigenvalue weighted by Crippen LogP contribution is -2.40. The smallest absolute Gasteiger partial charge is 0.338 e. The standard InChI is InChI=1S/C20H22N2O5/c1-13(18(23)21-15-5-2-3-6-15)27-20(25)14-8-10-16(11-9-14)22-19(24)17-7-4-12-26-17/h4,7-13,15H,2-3,5-6H2,1H3,(H,21,23)(H,22,24)/t13-/m1/s1. The van der Waals surface area contributed by atoms with Gasteiger partial charge in [0.2, 0.25) is 0 Å². The molecular formula is C20H22N2O5. The van der Waals surface area contributed by atoms with E-state index in [-0.39, 0.29) is 23.6 Å². The fraction of sp³-hybridized carbons (Fsp3) is 0.350. The van der Waals surface area contributed by atoms with E-state index in [9.17, 15) is 14.4 Å². The van der Waals surface area contributed by atoms with E-state index in [4.69, 9.17) is 9.15 Å². The van der Waals surface area contributed by atoms with Crippen LogP contribution in [0.4, 0.5) is 5.69 Å². The molecule has 0 unspecified atom stereocenters. The van der Waals surface area contributed by atoms with E-state index in [1.807, 2.05) is 0 Å². The molecule has 0 spiro atoms. The minimum Gasteiger partial charge on any atom is -0.459 e. The van der Waals surface area contributed by atoms with Crippen molar-refractivity contribution in [2.24, 2.45) is 0 Å². The molecule has 7 nitrogen and oxygen atoms in total. The minimum atomic E-state index is -0.864. The zero-order valence-electron chi connectivity index (χ0n) is 15.1. The number of anilines is 1. The van der Waals surface area contributed by atoms with Crippen LogP contribution in [0.25, 0.3) is 0 Å². The first kappa shape index (κ1) is 18.7. The van der Waals surface area contributed by atoms with E-state index in [1.165, 1.54) is 18.4 Å². The summed E-state index contributed by atoms with van der Waals surface area (Å²) < 4.78 is 10.3. The Labute approximate surface area is 157 Å². The van der Waals surface area contributed by atoms with Gasteiger partial charge in [0.15, 0.2) is 11.9 Å². The number of amides is 2. The van der Waals surface area contributed by atoms with Crippen LogP contribution < -0.4 is 10.6 Å². The van der Waals surface area contributed by atoms with Crippen molar-refractivity contribution in [3.63, 3.8) is 0 Å². The Bertz CT molecular complexity index is 792. The summed E-state index contributed by atoms with van der Waals surface area (Å²) in [5.41, 5.74) is 0.812. The maximum absolute atomic E-state index is 12.2. The lowest BCUT2D eigenvalue weighted by Gasteiger charge is -2.17. The van der Waals surface area contributed by atoms with Crippen molar-refractivity contribution in [2.45, 2.75) is 44.8 Å². The van der Waals surface area contributed by atoms with E-state index in [0.717, 1.165) is 25.7 Å². The van der Waals surface area contributed by atoms with Gasteiger partial charge in [-0.25, -0.2) is 4.79 Å². The quantitative estimate of drug-likeness (QED) is 0.762. The van der Waals surface area contributed by atoms with Crippen molar-refractivity contribution < 1.29 is 23.5 Å². The van der Waals surface area contributed by atoms with Gasteiger partial charge in [0, 0.05) is 11.7 Å². The van der Waals surface area contributed by atoms with Crippen LogP contribution in [0.2, 0.25) is 0 Å². The van der Waals surface area contributed by atoms with Crippen molar-refractivity contribution >= 4 is 23.5 Å². The Hall–Kier alpha value is -3.09. The highest BCUT2D eigenvalue weighted by molar-refractivity contribution is 6.02. The van der Waals surface area contributed by atoms with Crippen LogP contribution in [-0.4, -0.2) is 29.9 Å². The van der Waals surface area contributed by atoms with Gasteiger partial charge in [-0.1, -0.05) is 12.8 Å². The van der Waals surface area contributed by atoms with Gasteiger partial charge in [0.25, 0.3) is 11.8 Å². The third kappa shape index (κ3) is 4.97. The molecule has 7 heteroatoms. The first-order valence-corrected chi connectivity index (χ1v) is 8.99. The van der Waals surface area contributed by atoms with Crippen LogP contribution in [0, 0.1) is 0 Å². The molecule has 3 rings (SSSR count). The number of furan rings is 1. The molecule has 2 amide bonds. The topological polar surface area (TPSA) is 97.6 Å². The first-order valence-electron chi connectivity index (χ1n) is 8.99. The van der Waals surface area contributed by atoms with E-state index in [1.54, 1.807) is 31.2 Å². The SMILES string of the molecule is C[C@@H](OC(=O)c1ccc(NC(=O)c2ccco2)cc1)C(=O)NC1CCCC1. The number of esters is 1. The van der Waals surface area contributed by atoms with Crippen LogP contribution in [0.15, 0.2) is 47.1 Å². The summed E-state index contributed by atoms with van der Waals surface area (Å²) in [5.74, 6) is -1.06. The van der Waals surface area contributed by atoms with Crippen LogP contribution in [0.3, 0.4) is 0 Å². The van der Waals surface area contributed by atoms with Crippen molar-refractivity contribution in [3.8, 4) is 0 Å². The summed E-state index contributed by atoms with van der Waals surface area (Å²) in [5, 5.41) is 5.57. The highest BCUT2D eigenvalue weighted by Gasteiger charge is 2.23. The normalized spacial score (nSPS) is 15.1. The predicted molar refractivity (Wildman–Crippen MR) is 98.4 cm³/mol. The molecule has 1 aliphatic carbocycles. The maximum atomic E-state index is 12.2. The first-order chi connectivity index (χ1) is 13.0. The molecule has 0 radical (unpaired) electrons. The van der Waals surface area contributed by atoms with E-state index >= 15 is 0 Å². The predicted octanol–water partition coefficient (Wildman–Crippen LogP) is 3.14. The number of rotatable bonds is 6. The lowest BCUT2D eigenvalue weighted by molar-refractivity contribution is -0.129.